The van der Waals surface area contributed by atoms with Gasteiger partial charge in [0.2, 0.25) is 15.9 Å². The molecule has 2 aromatic rings. The minimum Gasteiger partial charge on any atom is -0.496 e. The fourth-order valence-corrected chi connectivity index (χ4v) is 4.11. The van der Waals surface area contributed by atoms with Gasteiger partial charge >= 0.3 is 0 Å². The van der Waals surface area contributed by atoms with Crippen molar-refractivity contribution in [3.05, 3.63) is 59.7 Å². The summed E-state index contributed by atoms with van der Waals surface area (Å²) in [6, 6.07) is 13.2. The molecule has 6 nitrogen and oxygen atoms in total. The Kier molecular flexibility index (Phi) is 6.49. The Morgan fingerprint density at radius 3 is 2.22 bits per heavy atom. The highest BCUT2D eigenvalue weighted by atomic mass is 32.2. The van der Waals surface area contributed by atoms with Gasteiger partial charge in [0.1, 0.15) is 11.8 Å². The van der Waals surface area contributed by atoms with E-state index in [0.717, 1.165) is 21.7 Å². The van der Waals surface area contributed by atoms with Gasteiger partial charge in [-0.15, -0.1) is 0 Å². The average molecular weight is 391 g/mol. The van der Waals surface area contributed by atoms with Crippen molar-refractivity contribution in [3.8, 4) is 5.75 Å². The van der Waals surface area contributed by atoms with E-state index in [0.29, 0.717) is 11.4 Å². The Morgan fingerprint density at radius 2 is 1.67 bits per heavy atom. The van der Waals surface area contributed by atoms with E-state index in [2.05, 4.69) is 5.32 Å². The Bertz CT molecular complexity index is 894. The predicted molar refractivity (Wildman–Crippen MR) is 108 cm³/mol. The van der Waals surface area contributed by atoms with Crippen molar-refractivity contribution in [1.29, 1.82) is 0 Å². The Balaban J connectivity index is 2.26. The summed E-state index contributed by atoms with van der Waals surface area (Å²) in [5, 5.41) is 2.88. The SMILES string of the molecule is COc1ccccc1[C@H](C)NC(=O)[C@H](C)N(c1ccc(C)cc1)S(C)(=O)=O. The number of ether oxygens (including phenoxy) is 1. The Labute approximate surface area is 161 Å². The van der Waals surface area contributed by atoms with E-state index in [1.54, 1.807) is 26.2 Å². The van der Waals surface area contributed by atoms with Crippen molar-refractivity contribution < 1.29 is 17.9 Å². The molecule has 0 spiro atoms. The maximum atomic E-state index is 12.8. The van der Waals surface area contributed by atoms with E-state index < -0.39 is 16.1 Å². The van der Waals surface area contributed by atoms with Crippen LogP contribution < -0.4 is 14.4 Å². The summed E-state index contributed by atoms with van der Waals surface area (Å²) in [6.45, 7) is 5.32. The van der Waals surface area contributed by atoms with Gasteiger partial charge in [-0.2, -0.15) is 0 Å². The zero-order valence-electron chi connectivity index (χ0n) is 16.3. The van der Waals surface area contributed by atoms with E-state index >= 15 is 0 Å². The molecule has 0 saturated carbocycles. The number of rotatable bonds is 7. The summed E-state index contributed by atoms with van der Waals surface area (Å²) in [7, 11) is -2.07. The van der Waals surface area contributed by atoms with Crippen LogP contribution in [0.25, 0.3) is 0 Å². The lowest BCUT2D eigenvalue weighted by Crippen LogP contribution is -2.48. The van der Waals surface area contributed by atoms with Crippen LogP contribution in [-0.2, 0) is 14.8 Å². The van der Waals surface area contributed by atoms with E-state index in [4.69, 9.17) is 4.74 Å². The highest BCUT2D eigenvalue weighted by Crippen LogP contribution is 2.25. The molecule has 0 unspecified atom stereocenters. The molecule has 2 aromatic carbocycles. The smallest absolute Gasteiger partial charge is 0.244 e. The van der Waals surface area contributed by atoms with Crippen molar-refractivity contribution in [2.24, 2.45) is 0 Å². The summed E-state index contributed by atoms with van der Waals surface area (Å²) < 4.78 is 31.2. The van der Waals surface area contributed by atoms with Crippen LogP contribution in [0.3, 0.4) is 0 Å². The first-order chi connectivity index (χ1) is 12.6. The monoisotopic (exact) mass is 390 g/mol. The molecule has 7 heteroatoms. The number of para-hydroxylation sites is 1. The number of sulfonamides is 1. The standard InChI is InChI=1S/C20H26N2O4S/c1-14-10-12-17(13-11-14)22(27(5,24)25)16(3)20(23)21-15(2)18-8-6-7-9-19(18)26-4/h6-13,15-16H,1-5H3,(H,21,23)/t15-,16-/m0/s1. The lowest BCUT2D eigenvalue weighted by molar-refractivity contribution is -0.122. The first-order valence-electron chi connectivity index (χ1n) is 8.64. The molecule has 0 aliphatic carbocycles. The van der Waals surface area contributed by atoms with E-state index in [-0.39, 0.29) is 11.9 Å². The summed E-state index contributed by atoms with van der Waals surface area (Å²) in [5.41, 5.74) is 2.28. The number of methoxy groups -OCH3 is 1. The molecule has 0 radical (unpaired) electrons. The third-order valence-electron chi connectivity index (χ3n) is 4.34. The van der Waals surface area contributed by atoms with Crippen LogP contribution in [0.1, 0.15) is 31.0 Å². The summed E-state index contributed by atoms with van der Waals surface area (Å²) >= 11 is 0. The molecule has 2 rings (SSSR count). The van der Waals surface area contributed by atoms with Gasteiger partial charge in [0, 0.05) is 5.56 Å². The topological polar surface area (TPSA) is 75.7 Å². The van der Waals surface area contributed by atoms with Crippen LogP contribution in [0, 0.1) is 6.92 Å². The van der Waals surface area contributed by atoms with Crippen molar-refractivity contribution in [1.82, 2.24) is 5.32 Å². The second-order valence-corrected chi connectivity index (χ2v) is 8.40. The number of hydrogen-bond acceptors (Lipinski definition) is 4. The lowest BCUT2D eigenvalue weighted by atomic mass is 10.1. The van der Waals surface area contributed by atoms with Gasteiger partial charge in [0.25, 0.3) is 0 Å². The number of hydrogen-bond donors (Lipinski definition) is 1. The molecule has 0 bridgehead atoms. The van der Waals surface area contributed by atoms with Gasteiger partial charge < -0.3 is 10.1 Å². The number of nitrogens with one attached hydrogen (secondary N) is 1. The molecule has 0 aliphatic rings. The number of benzene rings is 2. The normalized spacial score (nSPS) is 13.5. The average Bonchev–Trinajstić information content (AvgIpc) is 2.62. The van der Waals surface area contributed by atoms with Gasteiger partial charge in [0.15, 0.2) is 0 Å². The molecule has 2 atom stereocenters. The molecule has 0 fully saturated rings. The number of amides is 1. The minimum absolute atomic E-state index is 0.337. The van der Waals surface area contributed by atoms with Gasteiger partial charge in [-0.3, -0.25) is 9.10 Å². The molecule has 1 N–H and O–H groups in total. The summed E-state index contributed by atoms with van der Waals surface area (Å²) in [4.78, 5) is 12.8. The fourth-order valence-electron chi connectivity index (χ4n) is 2.94. The third kappa shape index (κ3) is 5.01. The third-order valence-corrected chi connectivity index (χ3v) is 5.58. The van der Waals surface area contributed by atoms with E-state index in [1.807, 2.05) is 50.2 Å². The highest BCUT2D eigenvalue weighted by Gasteiger charge is 2.30. The number of carbonyl (C=O) groups excluding carboxylic acids is 1. The van der Waals surface area contributed by atoms with Gasteiger partial charge in [-0.05, 0) is 39.0 Å². The molecule has 146 valence electrons. The number of nitrogens with zero attached hydrogens (tertiary/aromatic N) is 1. The second-order valence-electron chi connectivity index (χ2n) is 6.54. The molecular formula is C20H26N2O4S. The van der Waals surface area contributed by atoms with E-state index in [1.165, 1.54) is 0 Å². The molecule has 0 saturated heterocycles. The number of carbonyl (C=O) groups is 1. The maximum absolute atomic E-state index is 12.8. The van der Waals surface area contributed by atoms with Crippen LogP contribution in [-0.4, -0.2) is 33.7 Å². The minimum atomic E-state index is -3.64. The molecule has 0 aliphatic heterocycles. The summed E-state index contributed by atoms with van der Waals surface area (Å²) in [6.07, 6.45) is 1.10. The highest BCUT2D eigenvalue weighted by molar-refractivity contribution is 7.92. The largest absolute Gasteiger partial charge is 0.496 e. The van der Waals surface area contributed by atoms with Crippen molar-refractivity contribution in [2.45, 2.75) is 32.9 Å². The van der Waals surface area contributed by atoms with Crippen molar-refractivity contribution in [2.75, 3.05) is 17.7 Å². The Morgan fingerprint density at radius 1 is 1.07 bits per heavy atom. The first-order valence-corrected chi connectivity index (χ1v) is 10.5. The molecule has 0 heterocycles. The number of anilines is 1. The zero-order chi connectivity index (χ0) is 20.2. The fraction of sp³-hybridized carbons (Fsp3) is 0.350. The zero-order valence-corrected chi connectivity index (χ0v) is 17.1. The van der Waals surface area contributed by atoms with Gasteiger partial charge in [-0.25, -0.2) is 8.42 Å². The maximum Gasteiger partial charge on any atom is 0.244 e. The van der Waals surface area contributed by atoms with Crippen LogP contribution in [0.4, 0.5) is 5.69 Å². The molecular weight excluding hydrogens is 364 g/mol. The number of aryl methyl sites for hydroxylation is 1. The first kappa shape index (κ1) is 20.8. The van der Waals surface area contributed by atoms with Crippen LogP contribution >= 0.6 is 0 Å². The van der Waals surface area contributed by atoms with Crippen LogP contribution in [0.15, 0.2) is 48.5 Å². The molecule has 27 heavy (non-hydrogen) atoms. The quantitative estimate of drug-likeness (QED) is 0.788. The van der Waals surface area contributed by atoms with Crippen LogP contribution in [0.2, 0.25) is 0 Å². The Hall–Kier alpha value is -2.54. The predicted octanol–water partition coefficient (Wildman–Crippen LogP) is 3.04. The van der Waals surface area contributed by atoms with Gasteiger partial charge in [-0.1, -0.05) is 35.9 Å². The van der Waals surface area contributed by atoms with Crippen LogP contribution in [0.5, 0.6) is 5.75 Å². The van der Waals surface area contributed by atoms with Gasteiger partial charge in [0.05, 0.1) is 25.1 Å². The second kappa shape index (κ2) is 8.43. The summed E-state index contributed by atoms with van der Waals surface area (Å²) in [5.74, 6) is 0.274. The van der Waals surface area contributed by atoms with E-state index in [9.17, 15) is 13.2 Å². The van der Waals surface area contributed by atoms with Crippen molar-refractivity contribution in [3.63, 3.8) is 0 Å². The molecule has 1 amide bonds. The lowest BCUT2D eigenvalue weighted by Gasteiger charge is -2.29. The van der Waals surface area contributed by atoms with Crippen molar-refractivity contribution >= 4 is 21.6 Å². The molecule has 0 aromatic heterocycles.